The summed E-state index contributed by atoms with van der Waals surface area (Å²) in [5.74, 6) is 0. The van der Waals surface area contributed by atoms with Gasteiger partial charge >= 0.3 is 0 Å². The average molecular weight is 318 g/mol. The van der Waals surface area contributed by atoms with E-state index in [0.717, 1.165) is 30.4 Å². The monoisotopic (exact) mass is 318 g/mol. The molecule has 0 aromatic heterocycles. The fourth-order valence-electron chi connectivity index (χ4n) is 2.39. The van der Waals surface area contributed by atoms with Crippen LogP contribution in [-0.2, 0) is 12.8 Å². The van der Waals surface area contributed by atoms with Crippen molar-refractivity contribution in [3.63, 3.8) is 0 Å². The van der Waals surface area contributed by atoms with Crippen molar-refractivity contribution >= 4 is 12.4 Å². The summed E-state index contributed by atoms with van der Waals surface area (Å²) in [6, 6.07) is 16.9. The summed E-state index contributed by atoms with van der Waals surface area (Å²) in [6.45, 7) is 5.97. The number of hydrogen-bond acceptors (Lipinski definition) is 2. The first kappa shape index (κ1) is 17.9. The van der Waals surface area contributed by atoms with Crippen LogP contribution in [-0.4, -0.2) is 12.4 Å². The highest BCUT2D eigenvalue weighted by molar-refractivity contribution is 5.82. The standard InChI is InChI=1S/C22H26N2/c1-3-5-7-19-9-13-21(14-10-19)17-23-24-18-22-15-11-20(12-16-22)8-6-4-2/h3,9-18H,1,4-8H2,2H3/b23-17+,24-18+. The van der Waals surface area contributed by atoms with Gasteiger partial charge in [-0.25, -0.2) is 0 Å². The summed E-state index contributed by atoms with van der Waals surface area (Å²) in [4.78, 5) is 0. The van der Waals surface area contributed by atoms with Crippen LogP contribution in [0.3, 0.4) is 0 Å². The Bertz CT molecular complexity index is 664. The van der Waals surface area contributed by atoms with Crippen molar-refractivity contribution < 1.29 is 0 Å². The lowest BCUT2D eigenvalue weighted by atomic mass is 10.1. The van der Waals surface area contributed by atoms with Gasteiger partial charge in [0.15, 0.2) is 0 Å². The van der Waals surface area contributed by atoms with Crippen LogP contribution in [0.25, 0.3) is 0 Å². The van der Waals surface area contributed by atoms with Gasteiger partial charge < -0.3 is 0 Å². The lowest BCUT2D eigenvalue weighted by Gasteiger charge is -1.99. The van der Waals surface area contributed by atoms with Gasteiger partial charge in [-0.3, -0.25) is 0 Å². The van der Waals surface area contributed by atoms with E-state index < -0.39 is 0 Å². The molecule has 24 heavy (non-hydrogen) atoms. The van der Waals surface area contributed by atoms with E-state index in [9.17, 15) is 0 Å². The molecule has 0 amide bonds. The first-order chi connectivity index (χ1) is 11.8. The molecule has 0 spiro atoms. The first-order valence-electron chi connectivity index (χ1n) is 8.67. The lowest BCUT2D eigenvalue weighted by Crippen LogP contribution is -1.87. The highest BCUT2D eigenvalue weighted by Gasteiger charge is 1.93. The molecule has 0 unspecified atom stereocenters. The second-order valence-corrected chi connectivity index (χ2v) is 5.90. The van der Waals surface area contributed by atoms with Crippen LogP contribution in [0, 0.1) is 0 Å². The van der Waals surface area contributed by atoms with Crippen LogP contribution < -0.4 is 0 Å². The third-order valence-corrected chi connectivity index (χ3v) is 3.90. The topological polar surface area (TPSA) is 24.7 Å². The van der Waals surface area contributed by atoms with Crippen molar-refractivity contribution in [2.45, 2.75) is 39.0 Å². The third kappa shape index (κ3) is 6.33. The summed E-state index contributed by atoms with van der Waals surface area (Å²) in [5, 5.41) is 8.26. The molecule has 0 fully saturated rings. The quantitative estimate of drug-likeness (QED) is 0.326. The van der Waals surface area contributed by atoms with Gasteiger partial charge in [-0.05, 0) is 47.9 Å². The molecule has 2 nitrogen and oxygen atoms in total. The van der Waals surface area contributed by atoms with Crippen molar-refractivity contribution in [1.29, 1.82) is 0 Å². The van der Waals surface area contributed by atoms with Gasteiger partial charge in [0.25, 0.3) is 0 Å². The van der Waals surface area contributed by atoms with Crippen LogP contribution >= 0.6 is 0 Å². The average Bonchev–Trinajstić information content (AvgIpc) is 2.64. The molecular formula is C22H26N2. The summed E-state index contributed by atoms with van der Waals surface area (Å²) in [7, 11) is 0. The van der Waals surface area contributed by atoms with Gasteiger partial charge in [0, 0.05) is 0 Å². The fraction of sp³-hybridized carbons (Fsp3) is 0.273. The lowest BCUT2D eigenvalue weighted by molar-refractivity contribution is 0.795. The predicted octanol–water partition coefficient (Wildman–Crippen LogP) is 5.60. The maximum absolute atomic E-state index is 4.13. The normalized spacial score (nSPS) is 11.4. The SMILES string of the molecule is C=CCCc1ccc(/C=N/N=C/c2ccc(CCCC)cc2)cc1. The molecule has 2 rings (SSSR count). The van der Waals surface area contributed by atoms with E-state index in [-0.39, 0.29) is 0 Å². The molecule has 0 aliphatic carbocycles. The van der Waals surface area contributed by atoms with E-state index in [1.165, 1.54) is 24.0 Å². The molecule has 0 aliphatic heterocycles. The number of unbranched alkanes of at least 4 members (excludes halogenated alkanes) is 1. The Kier molecular flexibility index (Phi) is 7.69. The highest BCUT2D eigenvalue weighted by Crippen LogP contribution is 2.07. The molecule has 0 radical (unpaired) electrons. The predicted molar refractivity (Wildman–Crippen MR) is 105 cm³/mol. The van der Waals surface area contributed by atoms with Crippen LogP contribution in [0.5, 0.6) is 0 Å². The molecule has 2 aromatic rings. The Morgan fingerprint density at radius 2 is 1.29 bits per heavy atom. The summed E-state index contributed by atoms with van der Waals surface area (Å²) in [5.41, 5.74) is 4.84. The van der Waals surface area contributed by atoms with Crippen molar-refractivity contribution in [3.05, 3.63) is 83.4 Å². The molecule has 0 aliphatic rings. The van der Waals surface area contributed by atoms with Gasteiger partial charge in [0.1, 0.15) is 0 Å². The zero-order valence-corrected chi connectivity index (χ0v) is 14.5. The van der Waals surface area contributed by atoms with Crippen LogP contribution in [0.2, 0.25) is 0 Å². The molecular weight excluding hydrogens is 292 g/mol. The maximum Gasteiger partial charge on any atom is 0.0568 e. The highest BCUT2D eigenvalue weighted by atomic mass is 15.2. The molecule has 0 bridgehead atoms. The molecule has 0 atom stereocenters. The molecule has 2 heteroatoms. The minimum Gasteiger partial charge on any atom is -0.159 e. The zero-order valence-electron chi connectivity index (χ0n) is 14.5. The van der Waals surface area contributed by atoms with E-state index in [4.69, 9.17) is 0 Å². The Balaban J connectivity index is 1.86. The Morgan fingerprint density at radius 3 is 1.75 bits per heavy atom. The Hall–Kier alpha value is -2.48. The van der Waals surface area contributed by atoms with Gasteiger partial charge in [0.2, 0.25) is 0 Å². The number of benzene rings is 2. The van der Waals surface area contributed by atoms with Gasteiger partial charge in [-0.1, -0.05) is 68.0 Å². The molecule has 0 heterocycles. The van der Waals surface area contributed by atoms with Gasteiger partial charge in [-0.15, -0.1) is 6.58 Å². The Labute approximate surface area is 145 Å². The summed E-state index contributed by atoms with van der Waals surface area (Å²) >= 11 is 0. The molecule has 0 saturated carbocycles. The van der Waals surface area contributed by atoms with Crippen molar-refractivity contribution in [2.24, 2.45) is 10.2 Å². The molecule has 124 valence electrons. The van der Waals surface area contributed by atoms with Crippen LogP contribution in [0.15, 0.2) is 71.4 Å². The first-order valence-corrected chi connectivity index (χ1v) is 8.67. The van der Waals surface area contributed by atoms with Crippen LogP contribution in [0.4, 0.5) is 0 Å². The number of rotatable bonds is 9. The fourth-order valence-corrected chi connectivity index (χ4v) is 2.39. The maximum atomic E-state index is 4.13. The molecule has 2 aromatic carbocycles. The van der Waals surface area contributed by atoms with E-state index >= 15 is 0 Å². The van der Waals surface area contributed by atoms with E-state index in [2.05, 4.69) is 72.2 Å². The van der Waals surface area contributed by atoms with Crippen LogP contribution in [0.1, 0.15) is 48.4 Å². The number of allylic oxidation sites excluding steroid dienone is 1. The third-order valence-electron chi connectivity index (χ3n) is 3.90. The van der Waals surface area contributed by atoms with Crippen molar-refractivity contribution in [3.8, 4) is 0 Å². The number of hydrogen-bond donors (Lipinski definition) is 0. The van der Waals surface area contributed by atoms with Crippen molar-refractivity contribution in [2.75, 3.05) is 0 Å². The molecule has 0 saturated heterocycles. The second kappa shape index (κ2) is 10.3. The van der Waals surface area contributed by atoms with Gasteiger partial charge in [0.05, 0.1) is 12.4 Å². The number of nitrogens with zero attached hydrogens (tertiary/aromatic N) is 2. The van der Waals surface area contributed by atoms with E-state index in [0.29, 0.717) is 0 Å². The summed E-state index contributed by atoms with van der Waals surface area (Å²) < 4.78 is 0. The van der Waals surface area contributed by atoms with E-state index in [1.54, 1.807) is 12.4 Å². The van der Waals surface area contributed by atoms with Crippen molar-refractivity contribution in [1.82, 2.24) is 0 Å². The van der Waals surface area contributed by atoms with Gasteiger partial charge in [-0.2, -0.15) is 10.2 Å². The Morgan fingerprint density at radius 1 is 0.792 bits per heavy atom. The van der Waals surface area contributed by atoms with E-state index in [1.807, 2.05) is 6.08 Å². The minimum atomic E-state index is 1.01. The summed E-state index contributed by atoms with van der Waals surface area (Å²) in [6.07, 6.45) is 11.2. The number of aryl methyl sites for hydroxylation is 2. The minimum absolute atomic E-state index is 1.01. The largest absolute Gasteiger partial charge is 0.159 e. The second-order valence-electron chi connectivity index (χ2n) is 5.90. The molecule has 0 N–H and O–H groups in total. The zero-order chi connectivity index (χ0) is 17.0. The smallest absolute Gasteiger partial charge is 0.0568 e.